The molecule has 172 valence electrons. The largest absolute Gasteiger partial charge is 0.495 e. The number of aliphatic hydroxyl groups is 1. The number of para-hydroxylation sites is 1. The molecule has 1 saturated heterocycles. The Labute approximate surface area is 192 Å². The van der Waals surface area contributed by atoms with E-state index >= 15 is 0 Å². The van der Waals surface area contributed by atoms with Crippen LogP contribution < -0.4 is 14.4 Å². The summed E-state index contributed by atoms with van der Waals surface area (Å²) in [5, 5.41) is 13.7. The molecule has 9 heteroatoms. The average molecular weight is 468 g/mol. The Hall–Kier alpha value is -3.04. The first-order valence-electron chi connectivity index (χ1n) is 11.1. The first-order chi connectivity index (χ1) is 16.0. The number of hydrogen-bond acceptors (Lipinski definition) is 7. The first-order valence-corrected chi connectivity index (χ1v) is 12.6. The minimum atomic E-state index is -3.91. The van der Waals surface area contributed by atoms with Crippen molar-refractivity contribution >= 4 is 21.5 Å². The summed E-state index contributed by atoms with van der Waals surface area (Å²) in [4.78, 5) is 2.24. The topological polar surface area (TPSA) is 105 Å². The standard InChI is InChI=1S/C24H25N3O5S/c1-31-20-4-2-3-5-21(20)33(29,30)26-23-18-13-24(9-10-24)19-7-6-15(27-11-8-16(27)14-28)12-17(19)22(18)32-25-23/h2-7,12,16,28H,8-11,13-14H2,1H3,(H,25,26)/t16-/m0/s1. The molecule has 1 aliphatic heterocycles. The van der Waals surface area contributed by atoms with Crippen molar-refractivity contribution in [2.24, 2.45) is 0 Å². The van der Waals surface area contributed by atoms with Gasteiger partial charge in [0.25, 0.3) is 10.0 Å². The lowest BCUT2D eigenvalue weighted by Crippen LogP contribution is -2.50. The molecule has 1 aromatic heterocycles. The van der Waals surface area contributed by atoms with Gasteiger partial charge in [-0.1, -0.05) is 23.4 Å². The Morgan fingerprint density at radius 2 is 2.09 bits per heavy atom. The van der Waals surface area contributed by atoms with Crippen LogP contribution >= 0.6 is 0 Å². The zero-order valence-electron chi connectivity index (χ0n) is 18.2. The molecule has 2 aliphatic carbocycles. The van der Waals surface area contributed by atoms with E-state index in [9.17, 15) is 13.5 Å². The fourth-order valence-electron chi connectivity index (χ4n) is 5.15. The summed E-state index contributed by atoms with van der Waals surface area (Å²) in [6, 6.07) is 13.0. The maximum Gasteiger partial charge on any atom is 0.266 e. The molecule has 2 heterocycles. The second-order valence-electron chi connectivity index (χ2n) is 9.10. The second-order valence-corrected chi connectivity index (χ2v) is 10.8. The highest BCUT2D eigenvalue weighted by Crippen LogP contribution is 2.59. The number of anilines is 2. The lowest BCUT2D eigenvalue weighted by Gasteiger charge is -2.42. The third kappa shape index (κ3) is 3.13. The molecule has 3 aliphatic rings. The Kier molecular flexibility index (Phi) is 4.50. The van der Waals surface area contributed by atoms with Crippen LogP contribution in [-0.2, 0) is 21.9 Å². The number of fused-ring (bicyclic) bond motifs is 4. The number of benzene rings is 2. The molecule has 6 rings (SSSR count). The molecule has 3 aromatic rings. The van der Waals surface area contributed by atoms with E-state index in [1.54, 1.807) is 18.2 Å². The smallest absolute Gasteiger partial charge is 0.266 e. The molecule has 0 bridgehead atoms. The SMILES string of the molecule is COc1ccccc1S(=O)(=O)Nc1noc2c1CC1(CC1)c1ccc(N3CC[C@H]3CO)cc1-2. The van der Waals surface area contributed by atoms with Gasteiger partial charge in [-0.15, -0.1) is 0 Å². The summed E-state index contributed by atoms with van der Waals surface area (Å²) in [5.74, 6) is 1.11. The van der Waals surface area contributed by atoms with Gasteiger partial charge in [-0.2, -0.15) is 0 Å². The van der Waals surface area contributed by atoms with Crippen LogP contribution in [0.25, 0.3) is 11.3 Å². The number of nitrogens with one attached hydrogen (secondary N) is 1. The molecular formula is C24H25N3O5S. The average Bonchev–Trinajstić information content (AvgIpc) is 3.46. The second kappa shape index (κ2) is 7.23. The molecule has 0 unspecified atom stereocenters. The molecule has 1 atom stereocenters. The van der Waals surface area contributed by atoms with Crippen LogP contribution in [0.2, 0.25) is 0 Å². The van der Waals surface area contributed by atoms with Crippen molar-refractivity contribution in [3.8, 4) is 17.1 Å². The van der Waals surface area contributed by atoms with Gasteiger partial charge in [0.15, 0.2) is 11.6 Å². The molecule has 8 nitrogen and oxygen atoms in total. The highest BCUT2D eigenvalue weighted by Gasteiger charge is 2.51. The summed E-state index contributed by atoms with van der Waals surface area (Å²) in [5.41, 5.74) is 4.02. The van der Waals surface area contributed by atoms with Gasteiger partial charge in [0.2, 0.25) is 0 Å². The predicted octanol–water partition coefficient (Wildman–Crippen LogP) is 3.31. The van der Waals surface area contributed by atoms with Gasteiger partial charge in [0.1, 0.15) is 10.6 Å². The van der Waals surface area contributed by atoms with E-state index in [0.29, 0.717) is 12.2 Å². The Bertz CT molecular complexity index is 1340. The number of nitrogens with zero attached hydrogens (tertiary/aromatic N) is 2. The van der Waals surface area contributed by atoms with Gasteiger partial charge in [-0.05, 0) is 55.5 Å². The Morgan fingerprint density at radius 3 is 2.79 bits per heavy atom. The van der Waals surface area contributed by atoms with Crippen LogP contribution in [0.15, 0.2) is 51.9 Å². The van der Waals surface area contributed by atoms with Crippen LogP contribution in [0.5, 0.6) is 5.75 Å². The van der Waals surface area contributed by atoms with Gasteiger partial charge >= 0.3 is 0 Å². The number of rotatable bonds is 6. The summed E-state index contributed by atoms with van der Waals surface area (Å²) in [6.07, 6.45) is 3.75. The van der Waals surface area contributed by atoms with Crippen molar-refractivity contribution in [3.05, 3.63) is 53.6 Å². The molecule has 2 fully saturated rings. The van der Waals surface area contributed by atoms with Crippen molar-refractivity contribution in [1.82, 2.24) is 5.16 Å². The van der Waals surface area contributed by atoms with E-state index in [1.165, 1.54) is 18.7 Å². The van der Waals surface area contributed by atoms with Crippen molar-refractivity contribution in [3.63, 3.8) is 0 Å². The third-order valence-electron chi connectivity index (χ3n) is 7.25. The molecule has 2 aromatic carbocycles. The fourth-order valence-corrected chi connectivity index (χ4v) is 6.35. The van der Waals surface area contributed by atoms with Crippen molar-refractivity contribution in [2.45, 2.75) is 42.0 Å². The predicted molar refractivity (Wildman–Crippen MR) is 123 cm³/mol. The number of aliphatic hydroxyl groups excluding tert-OH is 1. The van der Waals surface area contributed by atoms with Gasteiger partial charge in [-0.25, -0.2) is 8.42 Å². The minimum Gasteiger partial charge on any atom is -0.495 e. The molecule has 1 saturated carbocycles. The quantitative estimate of drug-likeness (QED) is 0.573. The zero-order valence-corrected chi connectivity index (χ0v) is 19.1. The first kappa shape index (κ1) is 20.6. The lowest BCUT2D eigenvalue weighted by molar-refractivity contribution is 0.226. The van der Waals surface area contributed by atoms with E-state index < -0.39 is 10.0 Å². The van der Waals surface area contributed by atoms with Gasteiger partial charge in [-0.3, -0.25) is 4.72 Å². The maximum absolute atomic E-state index is 13.1. The molecule has 33 heavy (non-hydrogen) atoms. The van der Waals surface area contributed by atoms with E-state index in [2.05, 4.69) is 33.0 Å². The van der Waals surface area contributed by atoms with E-state index in [0.717, 1.165) is 42.6 Å². The summed E-state index contributed by atoms with van der Waals surface area (Å²) in [6.45, 7) is 1.03. The van der Waals surface area contributed by atoms with Gasteiger partial charge in [0, 0.05) is 28.8 Å². The zero-order chi connectivity index (χ0) is 22.8. The fraction of sp³-hybridized carbons (Fsp3) is 0.375. The number of hydrogen-bond donors (Lipinski definition) is 2. The van der Waals surface area contributed by atoms with Gasteiger partial charge < -0.3 is 19.3 Å². The minimum absolute atomic E-state index is 0.00235. The van der Waals surface area contributed by atoms with Crippen LogP contribution in [0.4, 0.5) is 11.5 Å². The van der Waals surface area contributed by atoms with Crippen molar-refractivity contribution in [1.29, 1.82) is 0 Å². The van der Waals surface area contributed by atoms with E-state index in [1.807, 2.05) is 0 Å². The molecular weight excluding hydrogens is 442 g/mol. The lowest BCUT2D eigenvalue weighted by atomic mass is 9.79. The molecule has 0 radical (unpaired) electrons. The van der Waals surface area contributed by atoms with E-state index in [-0.39, 0.29) is 34.5 Å². The summed E-state index contributed by atoms with van der Waals surface area (Å²) in [7, 11) is -2.47. The van der Waals surface area contributed by atoms with Crippen LogP contribution in [-0.4, -0.2) is 45.0 Å². The monoisotopic (exact) mass is 467 g/mol. The summed E-state index contributed by atoms with van der Waals surface area (Å²) >= 11 is 0. The normalized spacial score (nSPS) is 20.1. The number of ether oxygens (including phenoxy) is 1. The van der Waals surface area contributed by atoms with Crippen molar-refractivity contribution in [2.75, 3.05) is 29.9 Å². The Morgan fingerprint density at radius 1 is 1.27 bits per heavy atom. The van der Waals surface area contributed by atoms with Crippen LogP contribution in [0.1, 0.15) is 30.4 Å². The number of methoxy groups -OCH3 is 1. The summed E-state index contributed by atoms with van der Waals surface area (Å²) < 4.78 is 39.9. The number of sulfonamides is 1. The maximum atomic E-state index is 13.1. The molecule has 0 amide bonds. The Balaban J connectivity index is 1.40. The molecule has 1 spiro atoms. The highest BCUT2D eigenvalue weighted by atomic mass is 32.2. The van der Waals surface area contributed by atoms with E-state index in [4.69, 9.17) is 9.26 Å². The van der Waals surface area contributed by atoms with Crippen LogP contribution in [0, 0.1) is 0 Å². The van der Waals surface area contributed by atoms with Crippen LogP contribution in [0.3, 0.4) is 0 Å². The molecule has 2 N–H and O–H groups in total. The number of aromatic nitrogens is 1. The third-order valence-corrected chi connectivity index (χ3v) is 8.63. The highest BCUT2D eigenvalue weighted by molar-refractivity contribution is 7.92. The van der Waals surface area contributed by atoms with Gasteiger partial charge in [0.05, 0.1) is 19.8 Å². The van der Waals surface area contributed by atoms with Crippen molar-refractivity contribution < 1.29 is 22.8 Å².